The van der Waals surface area contributed by atoms with Crippen LogP contribution in [0.5, 0.6) is 11.5 Å². The summed E-state index contributed by atoms with van der Waals surface area (Å²) in [4.78, 5) is -1.23. The minimum atomic E-state index is -4.75. The van der Waals surface area contributed by atoms with E-state index in [-0.39, 0.29) is 17.7 Å². The molecular weight excluding hydrogens is 464 g/mol. The van der Waals surface area contributed by atoms with Gasteiger partial charge in [0.25, 0.3) is 20.2 Å². The van der Waals surface area contributed by atoms with E-state index in [1.807, 2.05) is 0 Å². The van der Waals surface area contributed by atoms with Crippen molar-refractivity contribution in [3.8, 4) is 11.5 Å². The Labute approximate surface area is 197 Å². The molecule has 0 atom stereocenters. The van der Waals surface area contributed by atoms with Gasteiger partial charge in [0, 0.05) is 11.6 Å². The zero-order valence-electron chi connectivity index (χ0n) is 19.1. The molecule has 0 radical (unpaired) electrons. The minimum Gasteiger partial charge on any atom is -0.457 e. The summed E-state index contributed by atoms with van der Waals surface area (Å²) in [7, 11) is -9.47. The Bertz CT molecular complexity index is 1080. The summed E-state index contributed by atoms with van der Waals surface area (Å²) in [6, 6.07) is 10.3. The van der Waals surface area contributed by atoms with Crippen LogP contribution in [0.15, 0.2) is 52.3 Å². The summed E-state index contributed by atoms with van der Waals surface area (Å²) in [5.41, 5.74) is 0.188. The fourth-order valence-electron chi connectivity index (χ4n) is 3.72. The third kappa shape index (κ3) is 9.44. The van der Waals surface area contributed by atoms with Crippen LogP contribution in [0.3, 0.4) is 0 Å². The van der Waals surface area contributed by atoms with Gasteiger partial charge < -0.3 is 4.74 Å². The van der Waals surface area contributed by atoms with Gasteiger partial charge in [0.2, 0.25) is 0 Å². The normalized spacial score (nSPS) is 12.1. The zero-order chi connectivity index (χ0) is 24.3. The molecule has 0 spiro atoms. The maximum atomic E-state index is 12.0. The van der Waals surface area contributed by atoms with Gasteiger partial charge in [0.05, 0.1) is 4.90 Å². The van der Waals surface area contributed by atoms with Gasteiger partial charge in [-0.15, -0.1) is 0 Å². The molecule has 0 fully saturated rings. The molecule has 184 valence electrons. The SMILES string of the molecule is CCCCCCCCCCCCc1c(Oc2ccccc2)cc(S(=O)(=O)O)cc1S(=O)(=O)O. The molecule has 9 heteroatoms. The highest BCUT2D eigenvalue weighted by Gasteiger charge is 2.25. The number of hydrogen-bond acceptors (Lipinski definition) is 5. The number of unbranched alkanes of at least 4 members (excludes halogenated alkanes) is 9. The Hall–Kier alpha value is -1.94. The van der Waals surface area contributed by atoms with E-state index in [0.29, 0.717) is 12.2 Å². The van der Waals surface area contributed by atoms with Crippen molar-refractivity contribution in [1.29, 1.82) is 0 Å². The van der Waals surface area contributed by atoms with Crippen molar-refractivity contribution in [3.05, 3.63) is 48.0 Å². The predicted molar refractivity (Wildman–Crippen MR) is 128 cm³/mol. The molecule has 0 aliphatic rings. The van der Waals surface area contributed by atoms with E-state index >= 15 is 0 Å². The van der Waals surface area contributed by atoms with Crippen LogP contribution in [0.25, 0.3) is 0 Å². The van der Waals surface area contributed by atoms with E-state index in [9.17, 15) is 25.9 Å². The molecule has 33 heavy (non-hydrogen) atoms. The van der Waals surface area contributed by atoms with Gasteiger partial charge in [-0.3, -0.25) is 9.11 Å². The summed E-state index contributed by atoms with van der Waals surface area (Å²) >= 11 is 0. The molecule has 0 aliphatic heterocycles. The molecule has 7 nitrogen and oxygen atoms in total. The van der Waals surface area contributed by atoms with Gasteiger partial charge in [-0.1, -0.05) is 82.9 Å². The molecule has 2 aromatic carbocycles. The van der Waals surface area contributed by atoms with Crippen molar-refractivity contribution >= 4 is 20.2 Å². The van der Waals surface area contributed by atoms with E-state index in [0.717, 1.165) is 31.4 Å². The average Bonchev–Trinajstić information content (AvgIpc) is 2.75. The van der Waals surface area contributed by atoms with Crippen molar-refractivity contribution < 1.29 is 30.7 Å². The van der Waals surface area contributed by atoms with E-state index < -0.39 is 30.0 Å². The number of para-hydroxylation sites is 1. The molecule has 0 saturated carbocycles. The largest absolute Gasteiger partial charge is 0.457 e. The Morgan fingerprint density at radius 3 is 1.79 bits per heavy atom. The van der Waals surface area contributed by atoms with Gasteiger partial charge in [-0.2, -0.15) is 16.8 Å². The van der Waals surface area contributed by atoms with Crippen LogP contribution in [0, 0.1) is 0 Å². The number of rotatable bonds is 15. The van der Waals surface area contributed by atoms with Crippen LogP contribution >= 0.6 is 0 Å². The molecule has 0 bridgehead atoms. The summed E-state index contributed by atoms with van der Waals surface area (Å²) in [5.74, 6) is 0.343. The molecule has 0 aromatic heterocycles. The van der Waals surface area contributed by atoms with Crippen LogP contribution in [-0.2, 0) is 26.7 Å². The van der Waals surface area contributed by atoms with Crippen LogP contribution in [-0.4, -0.2) is 25.9 Å². The first-order valence-electron chi connectivity index (χ1n) is 11.5. The van der Waals surface area contributed by atoms with Crippen molar-refractivity contribution in [1.82, 2.24) is 0 Å². The molecule has 0 unspecified atom stereocenters. The monoisotopic (exact) mass is 498 g/mol. The summed E-state index contributed by atoms with van der Waals surface area (Å²) < 4.78 is 72.5. The highest BCUT2D eigenvalue weighted by molar-refractivity contribution is 7.86. The lowest BCUT2D eigenvalue weighted by Gasteiger charge is -2.16. The van der Waals surface area contributed by atoms with Crippen LogP contribution < -0.4 is 4.74 Å². The maximum absolute atomic E-state index is 12.0. The van der Waals surface area contributed by atoms with E-state index in [1.54, 1.807) is 30.3 Å². The van der Waals surface area contributed by atoms with E-state index in [1.165, 1.54) is 38.5 Å². The number of ether oxygens (including phenoxy) is 1. The zero-order valence-corrected chi connectivity index (χ0v) is 20.7. The quantitative estimate of drug-likeness (QED) is 0.214. The molecule has 2 aromatic rings. The van der Waals surface area contributed by atoms with Gasteiger partial charge >= 0.3 is 0 Å². The first-order valence-corrected chi connectivity index (χ1v) is 14.4. The van der Waals surface area contributed by atoms with Crippen LogP contribution in [0.2, 0.25) is 0 Å². The maximum Gasteiger partial charge on any atom is 0.294 e. The summed E-state index contributed by atoms with van der Waals surface area (Å²) in [6.45, 7) is 2.19. The molecule has 2 N–H and O–H groups in total. The van der Waals surface area contributed by atoms with Gasteiger partial charge in [-0.25, -0.2) is 0 Å². The fraction of sp³-hybridized carbons (Fsp3) is 0.500. The second kappa shape index (κ2) is 13.1. The van der Waals surface area contributed by atoms with Gasteiger partial charge in [0.1, 0.15) is 16.4 Å². The fourth-order valence-corrected chi connectivity index (χ4v) is 5.10. The highest BCUT2D eigenvalue weighted by atomic mass is 32.2. The van der Waals surface area contributed by atoms with E-state index in [2.05, 4.69) is 6.92 Å². The topological polar surface area (TPSA) is 118 Å². The third-order valence-corrected chi connectivity index (χ3v) is 7.22. The molecule has 0 aliphatic carbocycles. The van der Waals surface area contributed by atoms with Crippen LogP contribution in [0.1, 0.15) is 76.7 Å². The first-order chi connectivity index (χ1) is 15.6. The molecule has 0 saturated heterocycles. The average molecular weight is 499 g/mol. The minimum absolute atomic E-state index is 0.0279. The molecule has 0 amide bonds. The van der Waals surface area contributed by atoms with Gasteiger partial charge in [-0.05, 0) is 31.0 Å². The Balaban J connectivity index is 2.15. The smallest absolute Gasteiger partial charge is 0.294 e. The van der Waals surface area contributed by atoms with Crippen molar-refractivity contribution in [2.24, 2.45) is 0 Å². The Kier molecular flexibility index (Phi) is 10.8. The molecule has 2 rings (SSSR count). The molecule has 0 heterocycles. The number of hydrogen-bond donors (Lipinski definition) is 2. The summed E-state index contributed by atoms with van der Waals surface area (Å²) in [6.07, 6.45) is 11.3. The Morgan fingerprint density at radius 2 is 1.27 bits per heavy atom. The third-order valence-electron chi connectivity index (χ3n) is 5.47. The van der Waals surface area contributed by atoms with E-state index in [4.69, 9.17) is 4.74 Å². The van der Waals surface area contributed by atoms with Crippen molar-refractivity contribution in [3.63, 3.8) is 0 Å². The van der Waals surface area contributed by atoms with Crippen LogP contribution in [0.4, 0.5) is 0 Å². The first kappa shape index (κ1) is 27.3. The van der Waals surface area contributed by atoms with Crippen molar-refractivity contribution in [2.75, 3.05) is 0 Å². The summed E-state index contributed by atoms with van der Waals surface area (Å²) in [5, 5.41) is 0. The lowest BCUT2D eigenvalue weighted by Crippen LogP contribution is -2.09. The van der Waals surface area contributed by atoms with Gasteiger partial charge in [0.15, 0.2) is 0 Å². The number of benzene rings is 2. The second-order valence-electron chi connectivity index (χ2n) is 8.20. The van der Waals surface area contributed by atoms with Crippen molar-refractivity contribution in [2.45, 2.75) is 87.3 Å². The lowest BCUT2D eigenvalue weighted by atomic mass is 10.0. The predicted octanol–water partition coefficient (Wildman–Crippen LogP) is 6.44. The lowest BCUT2D eigenvalue weighted by molar-refractivity contribution is 0.456. The standard InChI is InChI=1S/C24H34O7S2/c1-2-3-4-5-6-7-8-9-10-14-17-22-23(31-20-15-12-11-13-16-20)18-21(32(25,26)27)19-24(22)33(28,29)30/h11-13,15-16,18-19H,2-10,14,17H2,1H3,(H,25,26,27)(H,28,29,30). The highest BCUT2D eigenvalue weighted by Crippen LogP contribution is 2.34. The molecular formula is C24H34O7S2. The Morgan fingerprint density at radius 1 is 0.727 bits per heavy atom. The second-order valence-corrected chi connectivity index (χ2v) is 11.0.